The van der Waals surface area contributed by atoms with Crippen LogP contribution in [-0.4, -0.2) is 4.98 Å². The topological polar surface area (TPSA) is 12.9 Å². The fourth-order valence-electron chi connectivity index (χ4n) is 1.65. The highest BCUT2D eigenvalue weighted by Crippen LogP contribution is 2.37. The van der Waals surface area contributed by atoms with Gasteiger partial charge in [-0.25, -0.2) is 4.98 Å². The molecule has 1 aromatic heterocycles. The lowest BCUT2D eigenvalue weighted by atomic mass is 10.2. The van der Waals surface area contributed by atoms with Gasteiger partial charge in [0.25, 0.3) is 0 Å². The van der Waals surface area contributed by atoms with E-state index in [1.807, 2.05) is 30.3 Å². The second-order valence-corrected chi connectivity index (χ2v) is 6.30. The number of hydrogen-bond acceptors (Lipinski definition) is 2. The first kappa shape index (κ1) is 11.4. The molecule has 3 rings (SSSR count). The smallest absolute Gasteiger partial charge is 0.124 e. The largest absolute Gasteiger partial charge is 0.235 e. The lowest BCUT2D eigenvalue weighted by Gasteiger charge is -1.93. The molecule has 17 heavy (non-hydrogen) atoms. The van der Waals surface area contributed by atoms with Crippen molar-refractivity contribution in [2.24, 2.45) is 0 Å². The Kier molecular flexibility index (Phi) is 3.03. The maximum Gasteiger partial charge on any atom is 0.124 e. The second kappa shape index (κ2) is 4.52. The summed E-state index contributed by atoms with van der Waals surface area (Å²) < 4.78 is 3.31. The van der Waals surface area contributed by atoms with Crippen LogP contribution in [0.5, 0.6) is 0 Å². The van der Waals surface area contributed by atoms with Crippen molar-refractivity contribution in [3.8, 4) is 10.6 Å². The van der Waals surface area contributed by atoms with E-state index < -0.39 is 0 Å². The van der Waals surface area contributed by atoms with Gasteiger partial charge in [0.2, 0.25) is 0 Å². The molecule has 0 fully saturated rings. The first-order valence-electron chi connectivity index (χ1n) is 5.05. The summed E-state index contributed by atoms with van der Waals surface area (Å²) in [6.45, 7) is 0. The van der Waals surface area contributed by atoms with E-state index in [2.05, 4.69) is 49.0 Å². The fourth-order valence-corrected chi connectivity index (χ4v) is 3.76. The van der Waals surface area contributed by atoms with Gasteiger partial charge in [-0.05, 0) is 44.0 Å². The van der Waals surface area contributed by atoms with Gasteiger partial charge in [-0.2, -0.15) is 0 Å². The highest BCUT2D eigenvalue weighted by molar-refractivity contribution is 9.11. The van der Waals surface area contributed by atoms with E-state index in [0.29, 0.717) is 0 Å². The highest BCUT2D eigenvalue weighted by atomic mass is 79.9. The van der Waals surface area contributed by atoms with E-state index in [0.717, 1.165) is 25.0 Å². The van der Waals surface area contributed by atoms with E-state index in [-0.39, 0.29) is 0 Å². The third-order valence-corrected chi connectivity index (χ3v) is 5.17. The molecule has 0 N–H and O–H groups in total. The Balaban J connectivity index is 2.27. The molecule has 0 amide bonds. The van der Waals surface area contributed by atoms with Gasteiger partial charge in [-0.3, -0.25) is 0 Å². The molecule has 2 aromatic carbocycles. The van der Waals surface area contributed by atoms with Crippen LogP contribution in [0.25, 0.3) is 20.8 Å². The van der Waals surface area contributed by atoms with Crippen LogP contribution in [-0.2, 0) is 0 Å². The Bertz CT molecular complexity index is 637. The van der Waals surface area contributed by atoms with Crippen molar-refractivity contribution in [3.05, 3.63) is 51.4 Å². The molecular weight excluding hydrogens is 362 g/mol. The van der Waals surface area contributed by atoms with Gasteiger partial charge in [0.15, 0.2) is 0 Å². The van der Waals surface area contributed by atoms with Gasteiger partial charge in [-0.1, -0.05) is 30.3 Å². The molecule has 3 aromatic rings. The Labute approximate surface area is 120 Å². The number of fused-ring (bicyclic) bond motifs is 1. The Morgan fingerprint density at radius 3 is 2.29 bits per heavy atom. The molecule has 0 aliphatic rings. The number of nitrogens with zero attached hydrogens (tertiary/aromatic N) is 1. The van der Waals surface area contributed by atoms with Crippen LogP contribution in [0.15, 0.2) is 51.4 Å². The monoisotopic (exact) mass is 367 g/mol. The van der Waals surface area contributed by atoms with Crippen LogP contribution in [0, 0.1) is 0 Å². The zero-order valence-corrected chi connectivity index (χ0v) is 12.6. The Morgan fingerprint density at radius 2 is 1.59 bits per heavy atom. The molecule has 1 heterocycles. The fraction of sp³-hybridized carbons (Fsp3) is 0. The molecule has 0 radical (unpaired) electrons. The number of aromatic nitrogens is 1. The highest BCUT2D eigenvalue weighted by Gasteiger charge is 2.10. The number of rotatable bonds is 1. The van der Waals surface area contributed by atoms with E-state index in [9.17, 15) is 0 Å². The summed E-state index contributed by atoms with van der Waals surface area (Å²) in [7, 11) is 0. The molecule has 0 saturated heterocycles. The maximum absolute atomic E-state index is 4.68. The van der Waals surface area contributed by atoms with Crippen molar-refractivity contribution in [2.45, 2.75) is 0 Å². The molecule has 0 aliphatic carbocycles. The molecule has 4 heteroatoms. The van der Waals surface area contributed by atoms with Crippen molar-refractivity contribution in [1.29, 1.82) is 0 Å². The number of halogens is 2. The molecule has 0 aliphatic heterocycles. The van der Waals surface area contributed by atoms with Crippen LogP contribution in [0.2, 0.25) is 0 Å². The molecule has 0 saturated carbocycles. The minimum absolute atomic E-state index is 1.02. The molecule has 0 spiro atoms. The third kappa shape index (κ3) is 2.05. The van der Waals surface area contributed by atoms with Crippen molar-refractivity contribution in [3.63, 3.8) is 0 Å². The Hall–Kier alpha value is -0.710. The molecular formula is C13H7Br2NS. The van der Waals surface area contributed by atoms with Gasteiger partial charge < -0.3 is 0 Å². The van der Waals surface area contributed by atoms with Crippen LogP contribution < -0.4 is 0 Å². The minimum atomic E-state index is 1.02. The summed E-state index contributed by atoms with van der Waals surface area (Å²) in [4.78, 5) is 4.68. The quantitative estimate of drug-likeness (QED) is 0.553. The van der Waals surface area contributed by atoms with E-state index in [1.54, 1.807) is 11.3 Å². The van der Waals surface area contributed by atoms with Gasteiger partial charge in [0.05, 0.1) is 10.2 Å². The number of thiazole rings is 1. The summed E-state index contributed by atoms with van der Waals surface area (Å²) in [5.41, 5.74) is 2.18. The summed E-state index contributed by atoms with van der Waals surface area (Å²) >= 11 is 8.81. The average Bonchev–Trinajstić information content (AvgIpc) is 2.81. The standard InChI is InChI=1S/C13H7Br2NS/c14-9-6-7-10(15)12-11(9)16-13(17-12)8-4-2-1-3-5-8/h1-7H. The molecule has 0 atom stereocenters. The van der Waals surface area contributed by atoms with Crippen molar-refractivity contribution >= 4 is 53.4 Å². The van der Waals surface area contributed by atoms with E-state index >= 15 is 0 Å². The van der Waals surface area contributed by atoms with Crippen LogP contribution in [0.1, 0.15) is 0 Å². The molecule has 1 nitrogen and oxygen atoms in total. The molecule has 0 unspecified atom stereocenters. The summed E-state index contributed by atoms with van der Waals surface area (Å²) in [6, 6.07) is 14.3. The van der Waals surface area contributed by atoms with Crippen molar-refractivity contribution in [2.75, 3.05) is 0 Å². The zero-order valence-electron chi connectivity index (χ0n) is 8.65. The van der Waals surface area contributed by atoms with Gasteiger partial charge >= 0.3 is 0 Å². The van der Waals surface area contributed by atoms with Crippen LogP contribution in [0.4, 0.5) is 0 Å². The van der Waals surface area contributed by atoms with Crippen LogP contribution in [0.3, 0.4) is 0 Å². The first-order chi connectivity index (χ1) is 8.25. The minimum Gasteiger partial charge on any atom is -0.235 e. The molecule has 84 valence electrons. The summed E-state index contributed by atoms with van der Waals surface area (Å²) in [5, 5.41) is 1.05. The van der Waals surface area contributed by atoms with E-state index in [1.165, 1.54) is 4.70 Å². The van der Waals surface area contributed by atoms with Crippen LogP contribution >= 0.6 is 43.2 Å². The van der Waals surface area contributed by atoms with Crippen molar-refractivity contribution in [1.82, 2.24) is 4.98 Å². The predicted molar refractivity (Wildman–Crippen MR) is 80.5 cm³/mol. The lowest BCUT2D eigenvalue weighted by molar-refractivity contribution is 1.46. The SMILES string of the molecule is Brc1ccc(Br)c2sc(-c3ccccc3)nc12. The maximum atomic E-state index is 4.68. The van der Waals surface area contributed by atoms with Gasteiger partial charge in [0, 0.05) is 14.5 Å². The Morgan fingerprint density at radius 1 is 0.882 bits per heavy atom. The van der Waals surface area contributed by atoms with Gasteiger partial charge in [-0.15, -0.1) is 11.3 Å². The van der Waals surface area contributed by atoms with Crippen molar-refractivity contribution < 1.29 is 0 Å². The van der Waals surface area contributed by atoms with E-state index in [4.69, 9.17) is 0 Å². The number of hydrogen-bond donors (Lipinski definition) is 0. The normalized spacial score (nSPS) is 10.9. The summed E-state index contributed by atoms with van der Waals surface area (Å²) in [6.07, 6.45) is 0. The summed E-state index contributed by atoms with van der Waals surface area (Å²) in [5.74, 6) is 0. The zero-order chi connectivity index (χ0) is 11.8. The second-order valence-electron chi connectivity index (χ2n) is 3.59. The lowest BCUT2D eigenvalue weighted by Crippen LogP contribution is -1.75. The third-order valence-electron chi connectivity index (χ3n) is 2.47. The predicted octanol–water partition coefficient (Wildman–Crippen LogP) is 5.49. The number of benzene rings is 2. The average molecular weight is 369 g/mol. The molecule has 0 bridgehead atoms. The van der Waals surface area contributed by atoms with Gasteiger partial charge in [0.1, 0.15) is 5.01 Å². The first-order valence-corrected chi connectivity index (χ1v) is 7.46.